The summed E-state index contributed by atoms with van der Waals surface area (Å²) in [7, 11) is 1.38. The van der Waals surface area contributed by atoms with Crippen LogP contribution in [0.1, 0.15) is 72.1 Å². The summed E-state index contributed by atoms with van der Waals surface area (Å²) in [6.45, 7) is 6.07. The summed E-state index contributed by atoms with van der Waals surface area (Å²) in [6, 6.07) is 0. The first-order valence-electron chi connectivity index (χ1n) is 10.5. The quantitative estimate of drug-likeness (QED) is 0.270. The van der Waals surface area contributed by atoms with Crippen LogP contribution in [0.5, 0.6) is 0 Å². The number of unbranched alkanes of at least 4 members (excludes halogenated alkanes) is 2. The normalized spacial score (nSPS) is 25.8. The number of hydrogen-bond donors (Lipinski definition) is 2. The van der Waals surface area contributed by atoms with Crippen molar-refractivity contribution < 1.29 is 24.5 Å². The van der Waals surface area contributed by atoms with Crippen LogP contribution in [-0.4, -0.2) is 51.8 Å². The van der Waals surface area contributed by atoms with Gasteiger partial charge in [-0.1, -0.05) is 38.8 Å². The molecular weight excluding hydrogens is 376 g/mol. The Kier molecular flexibility index (Phi) is 11.4. The number of aliphatic hydroxyl groups excluding tert-OH is 1. The minimum absolute atomic E-state index is 0.0999. The molecule has 0 saturated heterocycles. The van der Waals surface area contributed by atoms with Crippen molar-refractivity contribution in [1.82, 2.24) is 0 Å². The lowest BCUT2D eigenvalue weighted by atomic mass is 9.88. The van der Waals surface area contributed by atoms with Gasteiger partial charge in [0.1, 0.15) is 5.78 Å². The van der Waals surface area contributed by atoms with Crippen LogP contribution >= 0.6 is 11.8 Å². The van der Waals surface area contributed by atoms with Crippen molar-refractivity contribution in [3.05, 3.63) is 12.2 Å². The zero-order valence-corrected chi connectivity index (χ0v) is 18.7. The zero-order chi connectivity index (χ0) is 21.2. The molecule has 3 unspecified atom stereocenters. The van der Waals surface area contributed by atoms with Gasteiger partial charge in [0.25, 0.3) is 0 Å². The molecule has 0 amide bonds. The molecule has 2 N–H and O–H groups in total. The molecule has 1 aliphatic carbocycles. The number of esters is 1. The van der Waals surface area contributed by atoms with Gasteiger partial charge in [-0.25, -0.2) is 0 Å². The van der Waals surface area contributed by atoms with Crippen molar-refractivity contribution in [3.63, 3.8) is 0 Å². The number of methoxy groups -OCH3 is 1. The van der Waals surface area contributed by atoms with Gasteiger partial charge in [0.2, 0.25) is 0 Å². The van der Waals surface area contributed by atoms with Crippen LogP contribution in [0, 0.1) is 11.8 Å². The molecule has 0 spiro atoms. The molecule has 1 fully saturated rings. The van der Waals surface area contributed by atoms with Gasteiger partial charge in [-0.05, 0) is 38.5 Å². The van der Waals surface area contributed by atoms with Crippen molar-refractivity contribution in [2.24, 2.45) is 11.8 Å². The Bertz CT molecular complexity index is 517. The Morgan fingerprint density at radius 1 is 1.39 bits per heavy atom. The number of Topliss-reactive ketones (excluding diaryl/α,β-unsaturated/α-hetero) is 1. The Hall–Kier alpha value is -0.850. The van der Waals surface area contributed by atoms with Crippen molar-refractivity contribution in [1.29, 1.82) is 0 Å². The molecule has 1 aliphatic rings. The van der Waals surface area contributed by atoms with E-state index in [0.717, 1.165) is 32.1 Å². The zero-order valence-electron chi connectivity index (χ0n) is 17.9. The summed E-state index contributed by atoms with van der Waals surface area (Å²) < 4.78 is 4.61. The topological polar surface area (TPSA) is 83.8 Å². The average molecular weight is 415 g/mol. The third-order valence-electron chi connectivity index (χ3n) is 5.76. The molecule has 0 bridgehead atoms. The highest BCUT2D eigenvalue weighted by molar-refractivity contribution is 8.00. The van der Waals surface area contributed by atoms with Crippen LogP contribution in [0.15, 0.2) is 12.2 Å². The summed E-state index contributed by atoms with van der Waals surface area (Å²) in [5, 5.41) is 21.0. The van der Waals surface area contributed by atoms with Crippen LogP contribution < -0.4 is 0 Å². The fourth-order valence-electron chi connectivity index (χ4n) is 3.47. The van der Waals surface area contributed by atoms with Gasteiger partial charge in [0, 0.05) is 29.8 Å². The summed E-state index contributed by atoms with van der Waals surface area (Å²) in [5.41, 5.74) is -0.806. The third-order valence-corrected chi connectivity index (χ3v) is 7.53. The van der Waals surface area contributed by atoms with Gasteiger partial charge in [-0.3, -0.25) is 9.59 Å². The lowest BCUT2D eigenvalue weighted by molar-refractivity contribution is -0.140. The fraction of sp³-hybridized carbons (Fsp3) is 0.818. The number of carbonyl (C=O) groups excluding carboxylic acids is 2. The van der Waals surface area contributed by atoms with E-state index in [0.29, 0.717) is 18.6 Å². The van der Waals surface area contributed by atoms with Crippen molar-refractivity contribution >= 4 is 23.5 Å². The first-order valence-corrected chi connectivity index (χ1v) is 11.5. The highest BCUT2D eigenvalue weighted by Gasteiger charge is 2.42. The number of carbonyl (C=O) groups is 2. The van der Waals surface area contributed by atoms with E-state index in [1.165, 1.54) is 18.9 Å². The Labute approximate surface area is 174 Å². The van der Waals surface area contributed by atoms with Crippen molar-refractivity contribution in [2.75, 3.05) is 12.9 Å². The van der Waals surface area contributed by atoms with Crippen molar-refractivity contribution in [3.8, 4) is 0 Å². The number of aliphatic hydroxyl groups is 2. The minimum Gasteiger partial charge on any atom is -0.469 e. The number of hydrogen-bond acceptors (Lipinski definition) is 6. The molecule has 0 radical (unpaired) electrons. The molecule has 0 heterocycles. The molecule has 1 rings (SSSR count). The monoisotopic (exact) mass is 414 g/mol. The maximum atomic E-state index is 12.3. The molecule has 162 valence electrons. The van der Waals surface area contributed by atoms with Gasteiger partial charge in [-0.2, -0.15) is 11.8 Å². The van der Waals surface area contributed by atoms with E-state index >= 15 is 0 Å². The standard InChI is InChI=1S/C22H38O5S/c1-5-6-11-16(2)22(3,26)15-28-21-17(18(23)14-19(21)24)12-9-7-8-10-13-20(25)27-4/h7,9,16-17,19,21,24,26H,5-6,8,10-15H2,1-4H3/t16?,17-,19?,21+,22?/m0/s1. The van der Waals surface area contributed by atoms with Crippen LogP contribution in [0.2, 0.25) is 0 Å². The smallest absolute Gasteiger partial charge is 0.305 e. The van der Waals surface area contributed by atoms with E-state index < -0.39 is 11.7 Å². The number of thioether (sulfide) groups is 1. The van der Waals surface area contributed by atoms with Gasteiger partial charge in [-0.15, -0.1) is 0 Å². The summed E-state index contributed by atoms with van der Waals surface area (Å²) in [4.78, 5) is 23.4. The predicted molar refractivity (Wildman–Crippen MR) is 114 cm³/mol. The van der Waals surface area contributed by atoms with E-state index in [1.807, 2.05) is 19.1 Å². The van der Waals surface area contributed by atoms with Crippen LogP contribution in [-0.2, 0) is 14.3 Å². The average Bonchev–Trinajstić information content (AvgIpc) is 2.93. The number of ether oxygens (including phenoxy) is 1. The molecule has 28 heavy (non-hydrogen) atoms. The van der Waals surface area contributed by atoms with Gasteiger partial charge in [0.15, 0.2) is 0 Å². The highest BCUT2D eigenvalue weighted by Crippen LogP contribution is 2.38. The van der Waals surface area contributed by atoms with E-state index in [-0.39, 0.29) is 35.3 Å². The molecular formula is C22H38O5S. The lowest BCUT2D eigenvalue weighted by Crippen LogP contribution is -2.37. The van der Waals surface area contributed by atoms with Crippen molar-refractivity contribution in [2.45, 2.75) is 89.1 Å². The van der Waals surface area contributed by atoms with Gasteiger partial charge in [0.05, 0.1) is 18.8 Å². The Morgan fingerprint density at radius 3 is 2.75 bits per heavy atom. The van der Waals surface area contributed by atoms with E-state index in [2.05, 4.69) is 18.6 Å². The molecule has 0 aromatic rings. The Morgan fingerprint density at radius 2 is 2.11 bits per heavy atom. The maximum Gasteiger partial charge on any atom is 0.305 e. The molecule has 1 saturated carbocycles. The number of ketones is 1. The first-order chi connectivity index (χ1) is 13.2. The molecule has 6 heteroatoms. The predicted octanol–water partition coefficient (Wildman–Crippen LogP) is 3.91. The number of allylic oxidation sites excluding steroid dienone is 2. The van der Waals surface area contributed by atoms with Crippen LogP contribution in [0.25, 0.3) is 0 Å². The minimum atomic E-state index is -0.806. The lowest BCUT2D eigenvalue weighted by Gasteiger charge is -2.32. The highest BCUT2D eigenvalue weighted by atomic mass is 32.2. The molecule has 5 atom stereocenters. The van der Waals surface area contributed by atoms with E-state index in [9.17, 15) is 19.8 Å². The molecule has 0 aromatic heterocycles. The Balaban J connectivity index is 2.52. The summed E-state index contributed by atoms with van der Waals surface area (Å²) in [5.74, 6) is 0.384. The second-order valence-corrected chi connectivity index (χ2v) is 9.36. The molecule has 5 nitrogen and oxygen atoms in total. The third kappa shape index (κ3) is 8.26. The molecule has 0 aromatic carbocycles. The second kappa shape index (κ2) is 12.7. The summed E-state index contributed by atoms with van der Waals surface area (Å²) >= 11 is 1.53. The fourth-order valence-corrected chi connectivity index (χ4v) is 5.10. The SMILES string of the molecule is CCCCC(C)C(C)(O)CS[C@H]1C(O)CC(=O)[C@@H]1CC=CCCCC(=O)OC. The van der Waals surface area contributed by atoms with E-state index in [1.54, 1.807) is 0 Å². The second-order valence-electron chi connectivity index (χ2n) is 8.20. The van der Waals surface area contributed by atoms with Crippen LogP contribution in [0.3, 0.4) is 0 Å². The number of rotatable bonds is 13. The molecule has 0 aliphatic heterocycles. The first kappa shape index (κ1) is 25.2. The maximum absolute atomic E-state index is 12.3. The van der Waals surface area contributed by atoms with Gasteiger partial charge < -0.3 is 14.9 Å². The van der Waals surface area contributed by atoms with E-state index in [4.69, 9.17) is 0 Å². The van der Waals surface area contributed by atoms with Gasteiger partial charge >= 0.3 is 5.97 Å². The van der Waals surface area contributed by atoms with Crippen LogP contribution in [0.4, 0.5) is 0 Å². The largest absolute Gasteiger partial charge is 0.469 e. The summed E-state index contributed by atoms with van der Waals surface area (Å²) in [6.07, 6.45) is 9.19.